The van der Waals surface area contributed by atoms with Crippen molar-refractivity contribution in [2.24, 2.45) is 0 Å². The Morgan fingerprint density at radius 1 is 0.520 bits per heavy atom. The van der Waals surface area contributed by atoms with Crippen LogP contribution in [0.1, 0.15) is 129 Å². The van der Waals surface area contributed by atoms with Crippen molar-refractivity contribution < 1.29 is 0 Å². The summed E-state index contributed by atoms with van der Waals surface area (Å²) in [5, 5.41) is 3.19. The van der Waals surface area contributed by atoms with E-state index >= 15 is 0 Å². The van der Waals surface area contributed by atoms with Gasteiger partial charge in [0.25, 0.3) is 0 Å². The van der Waals surface area contributed by atoms with E-state index in [1.165, 1.54) is 116 Å². The van der Waals surface area contributed by atoms with Crippen molar-refractivity contribution in [1.29, 1.82) is 0 Å². The Bertz CT molecular complexity index is 208. The lowest BCUT2D eigenvalue weighted by molar-refractivity contribution is 0.528. The van der Waals surface area contributed by atoms with E-state index in [2.05, 4.69) is 19.2 Å². The summed E-state index contributed by atoms with van der Waals surface area (Å²) in [5.74, 6) is 0. The highest BCUT2D eigenvalue weighted by atomic mass is 35.5. The average molecular weight is 376 g/mol. The summed E-state index contributed by atoms with van der Waals surface area (Å²) in [6.07, 6.45) is 25.0. The lowest BCUT2D eigenvalue weighted by Crippen LogP contribution is -1.98. The smallest absolute Gasteiger partial charge is 0.0336 e. The van der Waals surface area contributed by atoms with Gasteiger partial charge in [-0.25, -0.2) is 0 Å². The Hall–Kier alpha value is 0.250. The number of hydrogen-bond acceptors (Lipinski definition) is 1. The molecule has 0 aliphatic heterocycles. The van der Waals surface area contributed by atoms with Gasteiger partial charge in [-0.2, -0.15) is 0 Å². The highest BCUT2D eigenvalue weighted by Gasteiger charge is 2.04. The highest BCUT2D eigenvalue weighted by molar-refractivity contribution is 6.20. The molecular weight excluding hydrogens is 326 g/mol. The molecule has 0 saturated heterocycles. The first-order chi connectivity index (χ1) is 12.2. The SMILES string of the molecule is CCCCCCCCCCCC(Cl)CCCCCCCCC.CNC. The lowest BCUT2D eigenvalue weighted by Gasteiger charge is -2.09. The maximum Gasteiger partial charge on any atom is 0.0336 e. The van der Waals surface area contributed by atoms with Gasteiger partial charge in [0, 0.05) is 5.38 Å². The fourth-order valence-electron chi connectivity index (χ4n) is 3.14. The van der Waals surface area contributed by atoms with Gasteiger partial charge in [0.05, 0.1) is 0 Å². The summed E-state index contributed by atoms with van der Waals surface area (Å²) in [5.41, 5.74) is 0. The third-order valence-corrected chi connectivity index (χ3v) is 5.18. The predicted molar refractivity (Wildman–Crippen MR) is 119 cm³/mol. The van der Waals surface area contributed by atoms with Gasteiger partial charge in [0.15, 0.2) is 0 Å². The van der Waals surface area contributed by atoms with E-state index < -0.39 is 0 Å². The summed E-state index contributed by atoms with van der Waals surface area (Å²) in [4.78, 5) is 0. The Morgan fingerprint density at radius 2 is 0.760 bits per heavy atom. The second kappa shape index (κ2) is 26.5. The Morgan fingerprint density at radius 3 is 1.04 bits per heavy atom. The fourth-order valence-corrected chi connectivity index (χ4v) is 3.45. The van der Waals surface area contributed by atoms with Gasteiger partial charge in [-0.15, -0.1) is 11.6 Å². The second-order valence-electron chi connectivity index (χ2n) is 7.62. The van der Waals surface area contributed by atoms with Gasteiger partial charge in [-0.05, 0) is 26.9 Å². The van der Waals surface area contributed by atoms with E-state index in [0.717, 1.165) is 0 Å². The minimum absolute atomic E-state index is 0.445. The van der Waals surface area contributed by atoms with Crippen LogP contribution in [-0.4, -0.2) is 19.5 Å². The summed E-state index contributed by atoms with van der Waals surface area (Å²) in [7, 11) is 3.75. The number of unbranched alkanes of at least 4 members (excludes halogenated alkanes) is 14. The zero-order valence-electron chi connectivity index (χ0n) is 18.2. The molecule has 1 nitrogen and oxygen atoms in total. The summed E-state index contributed by atoms with van der Waals surface area (Å²) in [6.45, 7) is 4.57. The molecule has 0 aliphatic rings. The van der Waals surface area contributed by atoms with Crippen molar-refractivity contribution >= 4 is 11.6 Å². The van der Waals surface area contributed by atoms with Crippen molar-refractivity contribution in [1.82, 2.24) is 5.32 Å². The van der Waals surface area contributed by atoms with E-state index in [9.17, 15) is 0 Å². The van der Waals surface area contributed by atoms with Crippen LogP contribution in [0, 0.1) is 0 Å². The average Bonchev–Trinajstić information content (AvgIpc) is 2.60. The van der Waals surface area contributed by atoms with Crippen molar-refractivity contribution in [3.63, 3.8) is 0 Å². The van der Waals surface area contributed by atoms with Gasteiger partial charge in [-0.1, -0.05) is 117 Å². The number of hydrogen-bond donors (Lipinski definition) is 1. The Labute approximate surface area is 166 Å². The first-order valence-corrected chi connectivity index (χ1v) is 11.9. The van der Waals surface area contributed by atoms with Gasteiger partial charge >= 0.3 is 0 Å². The molecule has 0 radical (unpaired) electrons. The minimum atomic E-state index is 0.445. The van der Waals surface area contributed by atoms with E-state index in [1.807, 2.05) is 14.1 Å². The van der Waals surface area contributed by atoms with E-state index in [1.54, 1.807) is 0 Å². The lowest BCUT2D eigenvalue weighted by atomic mass is 10.0. The van der Waals surface area contributed by atoms with Crippen LogP contribution in [0.3, 0.4) is 0 Å². The minimum Gasteiger partial charge on any atom is -0.323 e. The monoisotopic (exact) mass is 375 g/mol. The predicted octanol–water partition coefficient (Wildman–Crippen LogP) is 8.49. The third-order valence-electron chi connectivity index (χ3n) is 4.74. The van der Waals surface area contributed by atoms with Crippen molar-refractivity contribution in [3.05, 3.63) is 0 Å². The number of halogens is 1. The third kappa shape index (κ3) is 29.3. The highest BCUT2D eigenvalue weighted by Crippen LogP contribution is 2.18. The molecule has 1 atom stereocenters. The normalized spacial score (nSPS) is 11.9. The first kappa shape index (κ1) is 27.5. The Kier molecular flexibility index (Phi) is 29.1. The second-order valence-corrected chi connectivity index (χ2v) is 8.24. The molecule has 2 heteroatoms. The molecule has 1 N–H and O–H groups in total. The largest absolute Gasteiger partial charge is 0.323 e. The van der Waals surface area contributed by atoms with Gasteiger partial charge < -0.3 is 5.32 Å². The molecule has 0 fully saturated rings. The maximum absolute atomic E-state index is 6.44. The topological polar surface area (TPSA) is 12.0 Å². The van der Waals surface area contributed by atoms with Gasteiger partial charge in [0.1, 0.15) is 0 Å². The van der Waals surface area contributed by atoms with Crippen LogP contribution in [0.2, 0.25) is 0 Å². The van der Waals surface area contributed by atoms with Gasteiger partial charge in [0.2, 0.25) is 0 Å². The van der Waals surface area contributed by atoms with E-state index in [0.29, 0.717) is 5.38 Å². The first-order valence-electron chi connectivity index (χ1n) is 11.4. The van der Waals surface area contributed by atoms with Crippen LogP contribution in [0.5, 0.6) is 0 Å². The van der Waals surface area contributed by atoms with Crippen molar-refractivity contribution in [2.75, 3.05) is 14.1 Å². The fraction of sp³-hybridized carbons (Fsp3) is 1.00. The molecule has 0 aromatic rings. The maximum atomic E-state index is 6.44. The van der Waals surface area contributed by atoms with E-state index in [-0.39, 0.29) is 0 Å². The molecule has 0 spiro atoms. The number of alkyl halides is 1. The van der Waals surface area contributed by atoms with Crippen LogP contribution in [0.4, 0.5) is 0 Å². The molecule has 25 heavy (non-hydrogen) atoms. The Balaban J connectivity index is 0. The van der Waals surface area contributed by atoms with Crippen molar-refractivity contribution in [2.45, 2.75) is 135 Å². The van der Waals surface area contributed by atoms with Crippen LogP contribution < -0.4 is 5.32 Å². The summed E-state index contributed by atoms with van der Waals surface area (Å²) < 4.78 is 0. The molecule has 154 valence electrons. The molecule has 0 heterocycles. The molecule has 0 amide bonds. The van der Waals surface area contributed by atoms with Crippen LogP contribution in [0.15, 0.2) is 0 Å². The molecule has 0 bridgehead atoms. The zero-order chi connectivity index (χ0) is 19.0. The van der Waals surface area contributed by atoms with Crippen molar-refractivity contribution in [3.8, 4) is 0 Å². The van der Waals surface area contributed by atoms with Crippen LogP contribution in [-0.2, 0) is 0 Å². The summed E-state index contributed by atoms with van der Waals surface area (Å²) >= 11 is 6.44. The van der Waals surface area contributed by atoms with E-state index in [4.69, 9.17) is 11.6 Å². The molecule has 0 aromatic heterocycles. The van der Waals surface area contributed by atoms with Gasteiger partial charge in [-0.3, -0.25) is 0 Å². The van der Waals surface area contributed by atoms with Crippen LogP contribution >= 0.6 is 11.6 Å². The molecule has 0 saturated carbocycles. The number of rotatable bonds is 18. The number of nitrogens with one attached hydrogen (secondary N) is 1. The standard InChI is InChI=1S/C21H43Cl.C2H7N/c1-3-5-7-9-11-12-14-16-18-20-21(22)19-17-15-13-10-8-6-4-2;1-3-2/h21H,3-20H2,1-2H3;3H,1-2H3. The molecular formula is C23H50ClN. The molecule has 0 rings (SSSR count). The summed E-state index contributed by atoms with van der Waals surface area (Å²) in [6, 6.07) is 0. The molecule has 0 aliphatic carbocycles. The zero-order valence-corrected chi connectivity index (χ0v) is 18.9. The van der Waals surface area contributed by atoms with Crippen LogP contribution in [0.25, 0.3) is 0 Å². The molecule has 0 aromatic carbocycles. The molecule has 1 unspecified atom stereocenters. The quantitative estimate of drug-likeness (QED) is 0.187.